The Labute approximate surface area is 157 Å². The van der Waals surface area contributed by atoms with Gasteiger partial charge < -0.3 is 24.8 Å². The van der Waals surface area contributed by atoms with Crippen LogP contribution in [0.15, 0.2) is 23.2 Å². The smallest absolute Gasteiger partial charge is 0.387 e. The first-order valence-electron chi connectivity index (χ1n) is 7.44. The maximum atomic E-state index is 12.7. The summed E-state index contributed by atoms with van der Waals surface area (Å²) in [5.41, 5.74) is 6.44. The fourth-order valence-electron chi connectivity index (χ4n) is 2.24. The van der Waals surface area contributed by atoms with Gasteiger partial charge in [0, 0.05) is 18.7 Å². The van der Waals surface area contributed by atoms with Crippen LogP contribution in [-0.4, -0.2) is 50.4 Å². The van der Waals surface area contributed by atoms with E-state index in [2.05, 4.69) is 9.73 Å². The van der Waals surface area contributed by atoms with Crippen LogP contribution in [0, 0.1) is 0 Å². The molecule has 0 saturated carbocycles. The van der Waals surface area contributed by atoms with Gasteiger partial charge in [-0.05, 0) is 13.0 Å². The number of nitrogens with zero attached hydrogens (tertiary/aromatic N) is 2. The van der Waals surface area contributed by atoms with Crippen molar-refractivity contribution in [3.63, 3.8) is 0 Å². The molecule has 1 fully saturated rings. The van der Waals surface area contributed by atoms with E-state index in [1.807, 2.05) is 4.90 Å². The van der Waals surface area contributed by atoms with Gasteiger partial charge in [0.2, 0.25) is 0 Å². The lowest BCUT2D eigenvalue weighted by Crippen LogP contribution is -2.44. The van der Waals surface area contributed by atoms with Gasteiger partial charge in [-0.2, -0.15) is 8.78 Å². The maximum absolute atomic E-state index is 12.7. The number of morpholine rings is 1. The summed E-state index contributed by atoms with van der Waals surface area (Å²) < 4.78 is 40.5. The zero-order valence-corrected chi connectivity index (χ0v) is 15.7. The van der Waals surface area contributed by atoms with E-state index >= 15 is 0 Å². The largest absolute Gasteiger partial charge is 0.490 e. The van der Waals surface area contributed by atoms with E-state index in [-0.39, 0.29) is 42.0 Å². The van der Waals surface area contributed by atoms with E-state index in [9.17, 15) is 8.78 Å². The van der Waals surface area contributed by atoms with E-state index in [0.29, 0.717) is 44.4 Å². The number of hydrogen-bond donors (Lipinski definition) is 1. The molecule has 1 saturated heterocycles. The Morgan fingerprint density at radius 2 is 2.08 bits per heavy atom. The topological polar surface area (TPSA) is 69.3 Å². The lowest BCUT2D eigenvalue weighted by Gasteiger charge is -2.27. The van der Waals surface area contributed by atoms with Gasteiger partial charge in [0.15, 0.2) is 17.5 Å². The van der Waals surface area contributed by atoms with Crippen LogP contribution in [0.3, 0.4) is 0 Å². The van der Waals surface area contributed by atoms with Crippen LogP contribution in [0.5, 0.6) is 11.5 Å². The van der Waals surface area contributed by atoms with E-state index in [1.54, 1.807) is 25.1 Å². The fraction of sp³-hybridized carbons (Fsp3) is 0.533. The molecule has 6 nitrogen and oxygen atoms in total. The molecular formula is C15H22F2IN3O3. The molecule has 0 spiro atoms. The third kappa shape index (κ3) is 5.93. The normalized spacial score (nSPS) is 15.2. The maximum Gasteiger partial charge on any atom is 0.387 e. The number of benzene rings is 1. The summed E-state index contributed by atoms with van der Waals surface area (Å²) in [5, 5.41) is 0. The molecule has 0 unspecified atom stereocenters. The fourth-order valence-corrected chi connectivity index (χ4v) is 2.24. The molecule has 9 heteroatoms. The van der Waals surface area contributed by atoms with Crippen molar-refractivity contribution in [2.75, 3.05) is 32.9 Å². The van der Waals surface area contributed by atoms with E-state index < -0.39 is 6.61 Å². The summed E-state index contributed by atoms with van der Waals surface area (Å²) in [6.45, 7) is 1.83. The van der Waals surface area contributed by atoms with Crippen LogP contribution in [0.4, 0.5) is 8.78 Å². The van der Waals surface area contributed by atoms with Crippen molar-refractivity contribution in [2.24, 2.45) is 10.7 Å². The zero-order valence-electron chi connectivity index (χ0n) is 13.4. The van der Waals surface area contributed by atoms with Gasteiger partial charge in [-0.3, -0.25) is 0 Å². The number of ether oxygens (including phenoxy) is 3. The molecular weight excluding hydrogens is 435 g/mol. The molecule has 1 aliphatic heterocycles. The molecule has 1 aromatic rings. The van der Waals surface area contributed by atoms with Crippen LogP contribution in [0.25, 0.3) is 0 Å². The minimum Gasteiger partial charge on any atom is -0.490 e. The minimum atomic E-state index is -2.93. The molecule has 1 heterocycles. The van der Waals surface area contributed by atoms with Crippen molar-refractivity contribution < 1.29 is 23.0 Å². The number of hydrogen-bond acceptors (Lipinski definition) is 4. The first kappa shape index (κ1) is 20.7. The molecule has 0 radical (unpaired) electrons. The molecule has 1 aliphatic rings. The highest BCUT2D eigenvalue weighted by Gasteiger charge is 2.16. The standard InChI is InChI=1S/C15H21F2N3O3.HI/c1-2-22-12-5-3-4-11(13(12)23-14(16)17)10-19-15(18)20-6-8-21-9-7-20;/h3-5,14H,2,6-10H2,1H3,(H2,18,19);1H. The lowest BCUT2D eigenvalue weighted by atomic mass is 10.2. The summed E-state index contributed by atoms with van der Waals surface area (Å²) in [5.74, 6) is 0.631. The van der Waals surface area contributed by atoms with Gasteiger partial charge in [-0.15, -0.1) is 24.0 Å². The van der Waals surface area contributed by atoms with E-state index in [0.717, 1.165) is 0 Å². The van der Waals surface area contributed by atoms with E-state index in [4.69, 9.17) is 15.2 Å². The number of rotatable bonds is 6. The quantitative estimate of drug-likeness (QED) is 0.404. The molecule has 1 aromatic carbocycles. The summed E-state index contributed by atoms with van der Waals surface area (Å²) in [6, 6.07) is 4.95. The molecule has 2 N–H and O–H groups in total. The van der Waals surface area contributed by atoms with Gasteiger partial charge in [0.05, 0.1) is 26.4 Å². The van der Waals surface area contributed by atoms with Crippen LogP contribution in [0.2, 0.25) is 0 Å². The second-order valence-corrected chi connectivity index (χ2v) is 4.83. The Kier molecular flexibility index (Phi) is 9.04. The Morgan fingerprint density at radius 3 is 2.71 bits per heavy atom. The highest BCUT2D eigenvalue weighted by Crippen LogP contribution is 2.33. The SMILES string of the molecule is CCOc1cccc(CN=C(N)N2CCOCC2)c1OC(F)F.I. The summed E-state index contributed by atoms with van der Waals surface area (Å²) in [7, 11) is 0. The summed E-state index contributed by atoms with van der Waals surface area (Å²) in [4.78, 5) is 6.16. The zero-order chi connectivity index (χ0) is 16.7. The average molecular weight is 457 g/mol. The van der Waals surface area contributed by atoms with Crippen molar-refractivity contribution in [3.8, 4) is 11.5 Å². The number of para-hydroxylation sites is 1. The molecule has 24 heavy (non-hydrogen) atoms. The first-order valence-corrected chi connectivity index (χ1v) is 7.44. The molecule has 136 valence electrons. The lowest BCUT2D eigenvalue weighted by molar-refractivity contribution is -0.0520. The molecule has 0 amide bonds. The number of halogens is 3. The third-order valence-corrected chi connectivity index (χ3v) is 3.31. The van der Waals surface area contributed by atoms with Crippen LogP contribution < -0.4 is 15.2 Å². The van der Waals surface area contributed by atoms with Crippen molar-refractivity contribution in [2.45, 2.75) is 20.1 Å². The number of guanidine groups is 1. The van der Waals surface area contributed by atoms with Gasteiger partial charge in [-0.25, -0.2) is 4.99 Å². The molecule has 0 aromatic heterocycles. The van der Waals surface area contributed by atoms with E-state index in [1.165, 1.54) is 0 Å². The van der Waals surface area contributed by atoms with Crippen LogP contribution >= 0.6 is 24.0 Å². The molecule has 0 aliphatic carbocycles. The Morgan fingerprint density at radius 1 is 1.38 bits per heavy atom. The van der Waals surface area contributed by atoms with Crippen LogP contribution in [0.1, 0.15) is 12.5 Å². The highest BCUT2D eigenvalue weighted by atomic mass is 127. The van der Waals surface area contributed by atoms with Crippen molar-refractivity contribution in [1.82, 2.24) is 4.90 Å². The van der Waals surface area contributed by atoms with Crippen LogP contribution in [-0.2, 0) is 11.3 Å². The van der Waals surface area contributed by atoms with Gasteiger partial charge in [0.1, 0.15) is 0 Å². The number of aliphatic imine (C=N–C) groups is 1. The van der Waals surface area contributed by atoms with Gasteiger partial charge in [0.25, 0.3) is 0 Å². The minimum absolute atomic E-state index is 0. The third-order valence-electron chi connectivity index (χ3n) is 3.31. The average Bonchev–Trinajstić information content (AvgIpc) is 2.55. The summed E-state index contributed by atoms with van der Waals surface area (Å²) >= 11 is 0. The number of nitrogens with two attached hydrogens (primary N) is 1. The second kappa shape index (κ2) is 10.5. The van der Waals surface area contributed by atoms with Crippen molar-refractivity contribution in [1.29, 1.82) is 0 Å². The second-order valence-electron chi connectivity index (χ2n) is 4.83. The monoisotopic (exact) mass is 457 g/mol. The molecule has 0 atom stereocenters. The van der Waals surface area contributed by atoms with Gasteiger partial charge in [-0.1, -0.05) is 12.1 Å². The molecule has 2 rings (SSSR count). The number of alkyl halides is 2. The first-order chi connectivity index (χ1) is 11.1. The Bertz CT molecular complexity index is 541. The summed E-state index contributed by atoms with van der Waals surface area (Å²) in [6.07, 6.45) is 0. The van der Waals surface area contributed by atoms with Crippen molar-refractivity contribution >= 4 is 29.9 Å². The predicted molar refractivity (Wildman–Crippen MR) is 97.4 cm³/mol. The van der Waals surface area contributed by atoms with Gasteiger partial charge >= 0.3 is 6.61 Å². The Hall–Kier alpha value is -1.36. The Balaban J connectivity index is 0.00000288. The molecule has 0 bridgehead atoms. The highest BCUT2D eigenvalue weighted by molar-refractivity contribution is 14.0. The van der Waals surface area contributed by atoms with Crippen molar-refractivity contribution in [3.05, 3.63) is 23.8 Å². The predicted octanol–water partition coefficient (Wildman–Crippen LogP) is 2.45.